The summed E-state index contributed by atoms with van der Waals surface area (Å²) in [5.41, 5.74) is 0. The van der Waals surface area contributed by atoms with E-state index in [2.05, 4.69) is 14.9 Å². The number of esters is 1. The van der Waals surface area contributed by atoms with Crippen molar-refractivity contribution in [1.29, 1.82) is 0 Å². The minimum atomic E-state index is -0.569. The van der Waals surface area contributed by atoms with E-state index < -0.39 is 6.10 Å². The molecule has 1 aliphatic heterocycles. The number of hydrogen-bond donors (Lipinski definition) is 0. The predicted molar refractivity (Wildman–Crippen MR) is 69.0 cm³/mol. The van der Waals surface area contributed by atoms with Gasteiger partial charge in [0, 0.05) is 13.1 Å². The fourth-order valence-electron chi connectivity index (χ4n) is 2.14. The zero-order chi connectivity index (χ0) is 14.7. The zero-order valence-electron chi connectivity index (χ0n) is 11.5. The van der Waals surface area contributed by atoms with E-state index in [1.165, 1.54) is 7.11 Å². The molecule has 1 unspecified atom stereocenters. The van der Waals surface area contributed by atoms with E-state index in [0.717, 1.165) is 0 Å². The number of carbonyl (C=O) groups excluding carboxylic acids is 1. The molecule has 8 heteroatoms. The Balaban J connectivity index is 1.62. The van der Waals surface area contributed by atoms with Crippen LogP contribution in [0, 0.1) is 0 Å². The summed E-state index contributed by atoms with van der Waals surface area (Å²) in [6.45, 7) is 2.07. The Kier molecular flexibility index (Phi) is 3.98. The van der Waals surface area contributed by atoms with Crippen molar-refractivity contribution in [2.45, 2.75) is 12.6 Å². The molecule has 1 saturated heterocycles. The van der Waals surface area contributed by atoms with Crippen LogP contribution in [0.5, 0.6) is 0 Å². The van der Waals surface area contributed by atoms with Crippen LogP contribution >= 0.6 is 0 Å². The van der Waals surface area contributed by atoms with E-state index in [-0.39, 0.29) is 5.97 Å². The van der Waals surface area contributed by atoms with Crippen LogP contribution in [-0.4, -0.2) is 53.9 Å². The molecule has 0 spiro atoms. The largest absolute Gasteiger partial charge is 0.467 e. The average Bonchev–Trinajstić information content (AvgIpc) is 3.17. The quantitative estimate of drug-likeness (QED) is 0.761. The number of ether oxygens (including phenoxy) is 2. The van der Waals surface area contributed by atoms with Gasteiger partial charge < -0.3 is 18.4 Å². The van der Waals surface area contributed by atoms with Gasteiger partial charge in [-0.05, 0) is 12.1 Å². The van der Waals surface area contributed by atoms with Crippen molar-refractivity contribution in [2.75, 3.05) is 26.8 Å². The fraction of sp³-hybridized carbons (Fsp3) is 0.462. The number of morpholine rings is 1. The summed E-state index contributed by atoms with van der Waals surface area (Å²) < 4.78 is 20.4. The van der Waals surface area contributed by atoms with Crippen LogP contribution in [-0.2, 0) is 20.8 Å². The van der Waals surface area contributed by atoms with Gasteiger partial charge in [0.05, 0.1) is 26.5 Å². The number of carbonyl (C=O) groups is 1. The van der Waals surface area contributed by atoms with E-state index >= 15 is 0 Å². The lowest BCUT2D eigenvalue weighted by atomic mass is 10.2. The highest BCUT2D eigenvalue weighted by atomic mass is 16.6. The van der Waals surface area contributed by atoms with Crippen LogP contribution in [0.25, 0.3) is 11.7 Å². The fourth-order valence-corrected chi connectivity index (χ4v) is 2.14. The van der Waals surface area contributed by atoms with Crippen LogP contribution < -0.4 is 0 Å². The van der Waals surface area contributed by atoms with Gasteiger partial charge in [-0.15, -0.1) is 0 Å². The number of methoxy groups -OCH3 is 1. The second-order valence-corrected chi connectivity index (χ2v) is 4.61. The molecule has 2 aromatic rings. The number of hydrogen-bond acceptors (Lipinski definition) is 8. The third-order valence-electron chi connectivity index (χ3n) is 3.18. The Morgan fingerprint density at radius 2 is 2.48 bits per heavy atom. The minimum absolute atomic E-state index is 0.341. The molecule has 2 aromatic heterocycles. The molecule has 0 amide bonds. The van der Waals surface area contributed by atoms with Gasteiger partial charge in [0.1, 0.15) is 0 Å². The molecule has 21 heavy (non-hydrogen) atoms. The molecular formula is C13H15N3O5. The van der Waals surface area contributed by atoms with Crippen LogP contribution in [0.1, 0.15) is 5.82 Å². The molecule has 8 nitrogen and oxygen atoms in total. The molecule has 0 radical (unpaired) electrons. The van der Waals surface area contributed by atoms with Crippen molar-refractivity contribution in [1.82, 2.24) is 15.0 Å². The van der Waals surface area contributed by atoms with Gasteiger partial charge in [-0.1, -0.05) is 5.16 Å². The van der Waals surface area contributed by atoms with Crippen molar-refractivity contribution < 1.29 is 23.2 Å². The summed E-state index contributed by atoms with van der Waals surface area (Å²) in [6, 6.07) is 3.50. The number of nitrogens with zero attached hydrogens (tertiary/aromatic N) is 3. The molecule has 3 heterocycles. The smallest absolute Gasteiger partial charge is 0.336 e. The second kappa shape index (κ2) is 6.06. The Bertz CT molecular complexity index is 595. The lowest BCUT2D eigenvalue weighted by molar-refractivity contribution is -0.160. The monoisotopic (exact) mass is 293 g/mol. The van der Waals surface area contributed by atoms with Gasteiger partial charge in [-0.25, -0.2) is 4.79 Å². The molecule has 0 saturated carbocycles. The lowest BCUT2D eigenvalue weighted by Crippen LogP contribution is -2.46. The van der Waals surface area contributed by atoms with Crippen molar-refractivity contribution in [2.24, 2.45) is 0 Å². The topological polar surface area (TPSA) is 90.8 Å². The van der Waals surface area contributed by atoms with Crippen LogP contribution in [0.15, 0.2) is 27.3 Å². The molecule has 112 valence electrons. The van der Waals surface area contributed by atoms with E-state index in [1.807, 2.05) is 4.90 Å². The highest BCUT2D eigenvalue weighted by Crippen LogP contribution is 2.18. The van der Waals surface area contributed by atoms with Crippen LogP contribution in [0.3, 0.4) is 0 Å². The lowest BCUT2D eigenvalue weighted by Gasteiger charge is -2.30. The highest BCUT2D eigenvalue weighted by molar-refractivity contribution is 5.74. The van der Waals surface area contributed by atoms with Crippen molar-refractivity contribution in [3.63, 3.8) is 0 Å². The maximum Gasteiger partial charge on any atom is 0.336 e. The summed E-state index contributed by atoms with van der Waals surface area (Å²) in [5.74, 6) is 1.03. The maximum absolute atomic E-state index is 11.5. The summed E-state index contributed by atoms with van der Waals surface area (Å²) in [7, 11) is 1.35. The SMILES string of the molecule is COC(=O)C1CN(Cc2noc(-c3ccco3)n2)CCO1. The molecule has 1 fully saturated rings. The molecule has 1 aliphatic rings. The first-order chi connectivity index (χ1) is 10.3. The standard InChI is InChI=1S/C13H15N3O5/c1-18-13(17)10-7-16(4-6-20-10)8-11-14-12(21-15-11)9-3-2-5-19-9/h2-3,5,10H,4,6-8H2,1H3. The molecule has 0 bridgehead atoms. The predicted octanol–water partition coefficient (Wildman–Crippen LogP) is 0.703. The Hall–Kier alpha value is -2.19. The Morgan fingerprint density at radius 1 is 1.57 bits per heavy atom. The van der Waals surface area contributed by atoms with E-state index in [1.54, 1.807) is 18.4 Å². The third-order valence-corrected chi connectivity index (χ3v) is 3.18. The van der Waals surface area contributed by atoms with Gasteiger partial charge in [0.25, 0.3) is 5.89 Å². The second-order valence-electron chi connectivity index (χ2n) is 4.61. The van der Waals surface area contributed by atoms with E-state index in [4.69, 9.17) is 13.7 Å². The van der Waals surface area contributed by atoms with Gasteiger partial charge in [0.2, 0.25) is 0 Å². The first-order valence-electron chi connectivity index (χ1n) is 6.54. The van der Waals surface area contributed by atoms with Gasteiger partial charge >= 0.3 is 5.97 Å². The van der Waals surface area contributed by atoms with Crippen molar-refractivity contribution in [3.05, 3.63) is 24.2 Å². The Morgan fingerprint density at radius 3 is 3.24 bits per heavy atom. The van der Waals surface area contributed by atoms with Gasteiger partial charge in [-0.3, -0.25) is 4.90 Å². The van der Waals surface area contributed by atoms with E-state index in [9.17, 15) is 4.79 Å². The van der Waals surface area contributed by atoms with Crippen molar-refractivity contribution >= 4 is 5.97 Å². The molecule has 0 aliphatic carbocycles. The van der Waals surface area contributed by atoms with Crippen LogP contribution in [0.4, 0.5) is 0 Å². The molecule has 0 N–H and O–H groups in total. The number of furan rings is 1. The summed E-state index contributed by atoms with van der Waals surface area (Å²) >= 11 is 0. The number of rotatable bonds is 4. The van der Waals surface area contributed by atoms with Crippen LogP contribution in [0.2, 0.25) is 0 Å². The Labute approximate surface area is 120 Å². The summed E-state index contributed by atoms with van der Waals surface area (Å²) in [6.07, 6.45) is 0.975. The average molecular weight is 293 g/mol. The molecule has 3 rings (SSSR count). The summed E-state index contributed by atoms with van der Waals surface area (Å²) in [4.78, 5) is 17.8. The third kappa shape index (κ3) is 3.11. The molecule has 1 atom stereocenters. The highest BCUT2D eigenvalue weighted by Gasteiger charge is 2.28. The van der Waals surface area contributed by atoms with Crippen molar-refractivity contribution in [3.8, 4) is 11.7 Å². The van der Waals surface area contributed by atoms with Gasteiger partial charge in [-0.2, -0.15) is 4.98 Å². The first kappa shape index (κ1) is 13.8. The van der Waals surface area contributed by atoms with Gasteiger partial charge in [0.15, 0.2) is 17.7 Å². The van der Waals surface area contributed by atoms with E-state index in [0.29, 0.717) is 43.7 Å². The summed E-state index contributed by atoms with van der Waals surface area (Å²) in [5, 5.41) is 3.91. The minimum Gasteiger partial charge on any atom is -0.467 e. The zero-order valence-corrected chi connectivity index (χ0v) is 11.5. The molecule has 0 aromatic carbocycles. The maximum atomic E-state index is 11.5. The first-order valence-corrected chi connectivity index (χ1v) is 6.54. The number of aromatic nitrogens is 2. The normalized spacial score (nSPS) is 19.6. The molecular weight excluding hydrogens is 278 g/mol.